The molecule has 0 amide bonds. The van der Waals surface area contributed by atoms with Crippen molar-refractivity contribution in [3.05, 3.63) is 28.8 Å². The van der Waals surface area contributed by atoms with Crippen molar-refractivity contribution in [3.63, 3.8) is 0 Å². The molecule has 0 saturated carbocycles. The maximum Gasteiger partial charge on any atom is 0.344 e. The number of aryl methyl sites for hydroxylation is 1. The van der Waals surface area contributed by atoms with E-state index in [1.54, 1.807) is 25.1 Å². The van der Waals surface area contributed by atoms with Crippen molar-refractivity contribution in [1.29, 1.82) is 0 Å². The molecule has 0 aliphatic carbocycles. The topological polar surface area (TPSA) is 35.5 Å². The summed E-state index contributed by atoms with van der Waals surface area (Å²) in [4.78, 5) is 11.0. The molecule has 0 radical (unpaired) electrons. The summed E-state index contributed by atoms with van der Waals surface area (Å²) in [7, 11) is 0. The average molecular weight is 229 g/mol. The Labute approximate surface area is 93.9 Å². The van der Waals surface area contributed by atoms with Gasteiger partial charge in [0.2, 0.25) is 0 Å². The van der Waals surface area contributed by atoms with Crippen LogP contribution in [-0.4, -0.2) is 19.2 Å². The molecule has 0 aliphatic heterocycles. The molecule has 0 bridgehead atoms. The van der Waals surface area contributed by atoms with Gasteiger partial charge >= 0.3 is 5.97 Å². The molecule has 0 saturated heterocycles. The molecule has 0 aliphatic rings. The molecular weight excluding hydrogens is 216 g/mol. The third-order valence-corrected chi connectivity index (χ3v) is 2.22. The van der Waals surface area contributed by atoms with Gasteiger partial charge in [-0.25, -0.2) is 4.79 Å². The molecule has 1 aromatic rings. The van der Waals surface area contributed by atoms with Gasteiger partial charge in [0.25, 0.3) is 0 Å². The molecule has 0 fully saturated rings. The van der Waals surface area contributed by atoms with Gasteiger partial charge in [-0.05, 0) is 37.6 Å². The quantitative estimate of drug-likeness (QED) is 0.743. The number of rotatable bonds is 4. The zero-order valence-electron chi connectivity index (χ0n) is 8.75. The molecule has 4 heteroatoms. The zero-order chi connectivity index (χ0) is 11.3. The SMILES string of the molecule is CCOC(=O)COc1ccc(Cl)c(C)c1. The second kappa shape index (κ2) is 5.61. The van der Waals surface area contributed by atoms with E-state index in [0.717, 1.165) is 5.56 Å². The van der Waals surface area contributed by atoms with Crippen molar-refractivity contribution in [2.45, 2.75) is 13.8 Å². The van der Waals surface area contributed by atoms with Crippen molar-refractivity contribution in [2.75, 3.05) is 13.2 Å². The molecular formula is C11H13ClO3. The fraction of sp³-hybridized carbons (Fsp3) is 0.364. The lowest BCUT2D eigenvalue weighted by Gasteiger charge is -2.06. The molecule has 0 N–H and O–H groups in total. The van der Waals surface area contributed by atoms with Gasteiger partial charge in [0.15, 0.2) is 6.61 Å². The lowest BCUT2D eigenvalue weighted by atomic mass is 10.2. The molecule has 0 aromatic heterocycles. The third kappa shape index (κ3) is 3.80. The highest BCUT2D eigenvalue weighted by molar-refractivity contribution is 6.31. The number of hydrogen-bond donors (Lipinski definition) is 0. The Bertz CT molecular complexity index is 350. The normalized spacial score (nSPS) is 9.80. The van der Waals surface area contributed by atoms with Crippen molar-refractivity contribution in [2.24, 2.45) is 0 Å². The summed E-state index contributed by atoms with van der Waals surface area (Å²) in [6.07, 6.45) is 0. The van der Waals surface area contributed by atoms with Gasteiger partial charge in [-0.15, -0.1) is 0 Å². The van der Waals surface area contributed by atoms with Gasteiger partial charge < -0.3 is 9.47 Å². The maximum absolute atomic E-state index is 11.0. The van der Waals surface area contributed by atoms with E-state index in [-0.39, 0.29) is 12.6 Å². The fourth-order valence-corrected chi connectivity index (χ4v) is 1.17. The third-order valence-electron chi connectivity index (χ3n) is 1.79. The van der Waals surface area contributed by atoms with Gasteiger partial charge in [0.05, 0.1) is 6.61 Å². The van der Waals surface area contributed by atoms with Crippen LogP contribution in [-0.2, 0) is 9.53 Å². The highest BCUT2D eigenvalue weighted by Gasteiger charge is 2.03. The number of ether oxygens (including phenoxy) is 2. The summed E-state index contributed by atoms with van der Waals surface area (Å²) in [5, 5.41) is 0.679. The lowest BCUT2D eigenvalue weighted by Crippen LogP contribution is -2.14. The van der Waals surface area contributed by atoms with Crippen LogP contribution in [0.5, 0.6) is 5.75 Å². The predicted molar refractivity (Wildman–Crippen MR) is 58.3 cm³/mol. The van der Waals surface area contributed by atoms with Gasteiger partial charge in [-0.1, -0.05) is 11.6 Å². The van der Waals surface area contributed by atoms with Crippen molar-refractivity contribution >= 4 is 17.6 Å². The number of hydrogen-bond acceptors (Lipinski definition) is 3. The number of benzene rings is 1. The van der Waals surface area contributed by atoms with Crippen LogP contribution in [0.2, 0.25) is 5.02 Å². The van der Waals surface area contributed by atoms with E-state index in [1.165, 1.54) is 0 Å². The highest BCUT2D eigenvalue weighted by atomic mass is 35.5. The van der Waals surface area contributed by atoms with Crippen LogP contribution in [0.3, 0.4) is 0 Å². The minimum atomic E-state index is -0.370. The van der Waals surface area contributed by atoms with Crippen LogP contribution in [0.1, 0.15) is 12.5 Å². The van der Waals surface area contributed by atoms with E-state index in [1.807, 2.05) is 6.92 Å². The van der Waals surface area contributed by atoms with Crippen LogP contribution in [0.15, 0.2) is 18.2 Å². The molecule has 0 spiro atoms. The largest absolute Gasteiger partial charge is 0.482 e. The summed E-state index contributed by atoms with van der Waals surface area (Å²) in [6.45, 7) is 3.92. The number of esters is 1. The van der Waals surface area contributed by atoms with E-state index in [4.69, 9.17) is 21.1 Å². The number of carbonyl (C=O) groups is 1. The Hall–Kier alpha value is -1.22. The van der Waals surface area contributed by atoms with Gasteiger partial charge in [0.1, 0.15) is 5.75 Å². The summed E-state index contributed by atoms with van der Waals surface area (Å²) >= 11 is 5.85. The average Bonchev–Trinajstić information content (AvgIpc) is 2.20. The lowest BCUT2D eigenvalue weighted by molar-refractivity contribution is -0.145. The van der Waals surface area contributed by atoms with Gasteiger partial charge in [-0.3, -0.25) is 0 Å². The van der Waals surface area contributed by atoms with E-state index in [9.17, 15) is 4.79 Å². The van der Waals surface area contributed by atoms with E-state index in [2.05, 4.69) is 0 Å². The molecule has 15 heavy (non-hydrogen) atoms. The van der Waals surface area contributed by atoms with Gasteiger partial charge in [-0.2, -0.15) is 0 Å². The first-order chi connectivity index (χ1) is 7.13. The smallest absolute Gasteiger partial charge is 0.344 e. The summed E-state index contributed by atoms with van der Waals surface area (Å²) in [6, 6.07) is 5.23. The van der Waals surface area contributed by atoms with E-state index < -0.39 is 0 Å². The summed E-state index contributed by atoms with van der Waals surface area (Å²) < 4.78 is 9.95. The minimum Gasteiger partial charge on any atom is -0.482 e. The van der Waals surface area contributed by atoms with E-state index in [0.29, 0.717) is 17.4 Å². The Kier molecular flexibility index (Phi) is 4.43. The minimum absolute atomic E-state index is 0.0745. The van der Waals surface area contributed by atoms with Crippen LogP contribution in [0.4, 0.5) is 0 Å². The predicted octanol–water partition coefficient (Wildman–Crippen LogP) is 2.59. The number of carbonyl (C=O) groups excluding carboxylic acids is 1. The Morgan fingerprint density at radius 3 is 2.80 bits per heavy atom. The summed E-state index contributed by atoms with van der Waals surface area (Å²) in [5.41, 5.74) is 0.915. The Morgan fingerprint density at radius 2 is 2.20 bits per heavy atom. The molecule has 3 nitrogen and oxygen atoms in total. The molecule has 1 rings (SSSR count). The van der Waals surface area contributed by atoms with Crippen LogP contribution >= 0.6 is 11.6 Å². The van der Waals surface area contributed by atoms with Crippen LogP contribution < -0.4 is 4.74 Å². The second-order valence-electron chi connectivity index (χ2n) is 3.00. The molecule has 0 unspecified atom stereocenters. The summed E-state index contributed by atoms with van der Waals surface area (Å²) in [5.74, 6) is 0.245. The fourth-order valence-electron chi connectivity index (χ4n) is 1.05. The molecule has 82 valence electrons. The van der Waals surface area contributed by atoms with E-state index >= 15 is 0 Å². The Balaban J connectivity index is 2.51. The first kappa shape index (κ1) is 11.9. The first-order valence-electron chi connectivity index (χ1n) is 4.68. The second-order valence-corrected chi connectivity index (χ2v) is 3.41. The monoisotopic (exact) mass is 228 g/mol. The maximum atomic E-state index is 11.0. The van der Waals surface area contributed by atoms with Crippen molar-refractivity contribution < 1.29 is 14.3 Å². The number of halogens is 1. The molecule has 0 atom stereocenters. The Morgan fingerprint density at radius 1 is 1.47 bits per heavy atom. The first-order valence-corrected chi connectivity index (χ1v) is 5.06. The van der Waals surface area contributed by atoms with Crippen molar-refractivity contribution in [1.82, 2.24) is 0 Å². The van der Waals surface area contributed by atoms with Gasteiger partial charge in [0, 0.05) is 5.02 Å². The molecule has 1 aromatic carbocycles. The highest BCUT2D eigenvalue weighted by Crippen LogP contribution is 2.20. The van der Waals surface area contributed by atoms with Crippen LogP contribution in [0.25, 0.3) is 0 Å². The van der Waals surface area contributed by atoms with Crippen LogP contribution in [0, 0.1) is 6.92 Å². The standard InChI is InChI=1S/C11H13ClO3/c1-3-14-11(13)7-15-9-4-5-10(12)8(2)6-9/h4-6H,3,7H2,1-2H3. The zero-order valence-corrected chi connectivity index (χ0v) is 9.50. The molecule has 0 heterocycles. The van der Waals surface area contributed by atoms with Crippen molar-refractivity contribution in [3.8, 4) is 5.75 Å².